The molecule has 2 rings (SSSR count). The molecule has 14 heteroatoms. The van der Waals surface area contributed by atoms with Crippen molar-refractivity contribution in [3.8, 4) is 12.3 Å². The Morgan fingerprint density at radius 2 is 1.62 bits per heavy atom. The number of nitrogens with zero attached hydrogens (tertiary/aromatic N) is 1. The van der Waals surface area contributed by atoms with E-state index in [1.807, 2.05) is 0 Å². The molecule has 2 heterocycles. The second kappa shape index (κ2) is 12.2. The standard InChI is InChI=1S/C26H39N4O9P/c1-11-26(13-12-19(39-26)30-14-18(6)20(31)27-23(30)34)15-36-40(35,28-24(7,8)21(32)37-16(2)3)29-25(9,10)22(33)38-17(4)5/h1,12-14,16-17,19H,15H2,2-10H3,(H,27,31,34)(H2,28,29,35)/t19-,26+/m1/s1. The minimum Gasteiger partial charge on any atom is -0.462 e. The summed E-state index contributed by atoms with van der Waals surface area (Å²) >= 11 is 0. The van der Waals surface area contributed by atoms with Crippen molar-refractivity contribution in [1.82, 2.24) is 19.7 Å². The van der Waals surface area contributed by atoms with Gasteiger partial charge in [-0.3, -0.25) is 28.5 Å². The lowest BCUT2D eigenvalue weighted by atomic mass is 10.1. The summed E-state index contributed by atoms with van der Waals surface area (Å²) in [6.45, 7) is 13.4. The second-order valence-corrected chi connectivity index (χ2v) is 12.9. The van der Waals surface area contributed by atoms with Gasteiger partial charge in [-0.25, -0.2) is 15.0 Å². The van der Waals surface area contributed by atoms with Crippen molar-refractivity contribution in [2.75, 3.05) is 6.61 Å². The zero-order chi connectivity index (χ0) is 30.7. The van der Waals surface area contributed by atoms with Gasteiger partial charge in [0.2, 0.25) is 0 Å². The van der Waals surface area contributed by atoms with E-state index >= 15 is 0 Å². The van der Waals surface area contributed by atoms with Gasteiger partial charge in [-0.2, -0.15) is 0 Å². The molecule has 0 fully saturated rings. The molecule has 0 saturated carbocycles. The molecule has 0 amide bonds. The predicted octanol–water partition coefficient (Wildman–Crippen LogP) is 2.07. The van der Waals surface area contributed by atoms with E-state index in [-0.39, 0.29) is 5.56 Å². The van der Waals surface area contributed by atoms with E-state index in [0.29, 0.717) is 0 Å². The number of H-pyrrole nitrogens is 1. The summed E-state index contributed by atoms with van der Waals surface area (Å²) in [5, 5.41) is 5.33. The fourth-order valence-electron chi connectivity index (χ4n) is 3.49. The van der Waals surface area contributed by atoms with Gasteiger partial charge in [0, 0.05) is 11.8 Å². The molecule has 0 aliphatic carbocycles. The number of ether oxygens (including phenoxy) is 3. The molecule has 1 aromatic rings. The first kappa shape index (κ1) is 33.2. The van der Waals surface area contributed by atoms with E-state index < -0.39 is 72.6 Å². The van der Waals surface area contributed by atoms with E-state index in [0.717, 1.165) is 4.57 Å². The molecule has 0 unspecified atom stereocenters. The third-order valence-electron chi connectivity index (χ3n) is 5.55. The molecule has 0 bridgehead atoms. The van der Waals surface area contributed by atoms with Gasteiger partial charge in [-0.15, -0.1) is 6.42 Å². The summed E-state index contributed by atoms with van der Waals surface area (Å²) in [7, 11) is -4.31. The molecular formula is C26H39N4O9P. The predicted molar refractivity (Wildman–Crippen MR) is 147 cm³/mol. The monoisotopic (exact) mass is 582 g/mol. The highest BCUT2D eigenvalue weighted by Crippen LogP contribution is 2.45. The number of esters is 2. The summed E-state index contributed by atoms with van der Waals surface area (Å²) in [5.41, 5.74) is -5.66. The van der Waals surface area contributed by atoms with Gasteiger partial charge < -0.3 is 18.7 Å². The Hall–Kier alpha value is -3.01. The van der Waals surface area contributed by atoms with Crippen LogP contribution >= 0.6 is 7.67 Å². The molecule has 1 aromatic heterocycles. The van der Waals surface area contributed by atoms with Crippen LogP contribution in [0.5, 0.6) is 0 Å². The number of terminal acetylenes is 1. The largest absolute Gasteiger partial charge is 0.462 e. The third kappa shape index (κ3) is 8.25. The summed E-state index contributed by atoms with van der Waals surface area (Å²) in [6.07, 6.45) is 8.13. The number of aryl methyl sites for hydroxylation is 1. The van der Waals surface area contributed by atoms with Crippen molar-refractivity contribution in [3.05, 3.63) is 44.8 Å². The topological polar surface area (TPSA) is 167 Å². The molecule has 0 spiro atoms. The highest BCUT2D eigenvalue weighted by molar-refractivity contribution is 7.54. The van der Waals surface area contributed by atoms with Crippen molar-refractivity contribution < 1.29 is 32.9 Å². The third-order valence-corrected chi connectivity index (χ3v) is 7.75. The highest BCUT2D eigenvalue weighted by atomic mass is 31.2. The van der Waals surface area contributed by atoms with Gasteiger partial charge in [0.05, 0.1) is 12.2 Å². The minimum atomic E-state index is -4.31. The summed E-state index contributed by atoms with van der Waals surface area (Å²) in [6, 6.07) is 0. The van der Waals surface area contributed by atoms with Crippen molar-refractivity contribution in [3.63, 3.8) is 0 Å². The van der Waals surface area contributed by atoms with Crippen LogP contribution in [-0.2, 0) is 32.9 Å². The van der Waals surface area contributed by atoms with Crippen LogP contribution in [0.1, 0.15) is 67.2 Å². The molecule has 1 aliphatic heterocycles. The molecule has 0 aromatic carbocycles. The average molecular weight is 583 g/mol. The molecule has 3 N–H and O–H groups in total. The molecule has 40 heavy (non-hydrogen) atoms. The molecule has 1 aliphatic rings. The summed E-state index contributed by atoms with van der Waals surface area (Å²) in [5.74, 6) is 1.01. The Morgan fingerprint density at radius 1 is 1.12 bits per heavy atom. The number of hydrogen-bond donors (Lipinski definition) is 3. The lowest BCUT2D eigenvalue weighted by Crippen LogP contribution is -2.54. The van der Waals surface area contributed by atoms with Gasteiger partial charge in [0.15, 0.2) is 11.8 Å². The van der Waals surface area contributed by atoms with Gasteiger partial charge in [-0.1, -0.05) is 5.92 Å². The van der Waals surface area contributed by atoms with Crippen LogP contribution in [-0.4, -0.2) is 57.0 Å². The van der Waals surface area contributed by atoms with E-state index in [1.54, 1.807) is 27.7 Å². The van der Waals surface area contributed by atoms with Crippen LogP contribution in [0.15, 0.2) is 27.9 Å². The fourth-order valence-corrected chi connectivity index (χ4v) is 5.70. The van der Waals surface area contributed by atoms with Crippen LogP contribution in [0.2, 0.25) is 0 Å². The number of nitrogens with one attached hydrogen (secondary N) is 3. The van der Waals surface area contributed by atoms with Crippen LogP contribution in [0, 0.1) is 19.3 Å². The first-order valence-corrected chi connectivity index (χ1v) is 14.3. The second-order valence-electron chi connectivity index (χ2n) is 11.1. The Balaban J connectivity index is 2.37. The summed E-state index contributed by atoms with van der Waals surface area (Å²) in [4.78, 5) is 51.8. The van der Waals surface area contributed by atoms with Crippen molar-refractivity contribution in [2.45, 2.75) is 97.4 Å². The van der Waals surface area contributed by atoms with E-state index in [4.69, 9.17) is 25.2 Å². The smallest absolute Gasteiger partial charge is 0.342 e. The van der Waals surface area contributed by atoms with Gasteiger partial charge in [0.1, 0.15) is 17.7 Å². The average Bonchev–Trinajstić information content (AvgIpc) is 3.23. The van der Waals surface area contributed by atoms with Gasteiger partial charge >= 0.3 is 25.3 Å². The number of rotatable bonds is 12. The zero-order valence-electron chi connectivity index (χ0n) is 24.3. The fraction of sp³-hybridized carbons (Fsp3) is 0.615. The number of aromatic amines is 1. The SMILES string of the molecule is C#C[C@@]1(COP(=O)(NC(C)(C)C(=O)OC(C)C)NC(C)(C)C(=O)OC(C)C)C=C[C@H](n2cc(C)c(=O)[nH]c2=O)O1. The quantitative estimate of drug-likeness (QED) is 0.143. The van der Waals surface area contributed by atoms with Crippen LogP contribution in [0.25, 0.3) is 0 Å². The first-order valence-electron chi connectivity index (χ1n) is 12.7. The summed E-state index contributed by atoms with van der Waals surface area (Å²) < 4.78 is 37.6. The van der Waals surface area contributed by atoms with Crippen molar-refractivity contribution in [2.24, 2.45) is 0 Å². The molecule has 222 valence electrons. The van der Waals surface area contributed by atoms with Crippen molar-refractivity contribution in [1.29, 1.82) is 0 Å². The van der Waals surface area contributed by atoms with E-state index in [1.165, 1.54) is 53.0 Å². The number of hydrogen-bond acceptors (Lipinski definition) is 9. The minimum absolute atomic E-state index is 0.273. The lowest BCUT2D eigenvalue weighted by molar-refractivity contribution is -0.153. The van der Waals surface area contributed by atoms with Crippen LogP contribution < -0.4 is 21.4 Å². The van der Waals surface area contributed by atoms with Gasteiger partial charge in [-0.05, 0) is 74.5 Å². The maximum Gasteiger partial charge on any atom is 0.342 e. The Bertz CT molecular complexity index is 1310. The van der Waals surface area contributed by atoms with E-state index in [2.05, 4.69) is 21.1 Å². The van der Waals surface area contributed by atoms with Crippen LogP contribution in [0.4, 0.5) is 0 Å². The number of aromatic nitrogens is 2. The molecule has 13 nitrogen and oxygen atoms in total. The molecule has 2 atom stereocenters. The maximum absolute atomic E-state index is 14.2. The van der Waals surface area contributed by atoms with Gasteiger partial charge in [0.25, 0.3) is 5.56 Å². The Kier molecular flexibility index (Phi) is 10.2. The molecule has 0 saturated heterocycles. The maximum atomic E-state index is 14.2. The number of carbonyl (C=O) groups is 2. The Morgan fingerprint density at radius 3 is 2.08 bits per heavy atom. The highest BCUT2D eigenvalue weighted by Gasteiger charge is 2.46. The van der Waals surface area contributed by atoms with Crippen LogP contribution in [0.3, 0.4) is 0 Å². The molecular weight excluding hydrogens is 543 g/mol. The normalized spacial score (nSPS) is 19.6. The Labute approximate surface area is 233 Å². The van der Waals surface area contributed by atoms with E-state index in [9.17, 15) is 23.7 Å². The molecule has 0 radical (unpaired) electrons. The number of carbonyl (C=O) groups excluding carboxylic acids is 2. The zero-order valence-corrected chi connectivity index (χ0v) is 25.2. The first-order chi connectivity index (χ1) is 18.2. The lowest BCUT2D eigenvalue weighted by Gasteiger charge is -2.36. The van der Waals surface area contributed by atoms with Crippen molar-refractivity contribution >= 4 is 19.6 Å².